The Hall–Kier alpha value is -0.380. The molecule has 3 nitrogen and oxygen atoms in total. The SMILES string of the molecule is CC1=C[C@@H](C)[C@H]([C@@H]2OC[C@H](C[NH+]3CCCC3)O2)[C@H](C)C1. The third kappa shape index (κ3) is 3.10. The Morgan fingerprint density at radius 2 is 2.00 bits per heavy atom. The van der Waals surface area contributed by atoms with Gasteiger partial charge in [-0.2, -0.15) is 0 Å². The molecular formula is C17H30NO2+. The van der Waals surface area contributed by atoms with Crippen LogP contribution in [-0.4, -0.2) is 38.6 Å². The Morgan fingerprint density at radius 3 is 2.70 bits per heavy atom. The summed E-state index contributed by atoms with van der Waals surface area (Å²) in [6.45, 7) is 11.5. The van der Waals surface area contributed by atoms with Gasteiger partial charge in [-0.3, -0.25) is 0 Å². The molecule has 1 N–H and O–H groups in total. The van der Waals surface area contributed by atoms with E-state index in [-0.39, 0.29) is 6.29 Å². The van der Waals surface area contributed by atoms with E-state index in [1.165, 1.54) is 37.9 Å². The van der Waals surface area contributed by atoms with Crippen molar-refractivity contribution in [1.82, 2.24) is 0 Å². The Balaban J connectivity index is 1.56. The number of hydrogen-bond acceptors (Lipinski definition) is 2. The van der Waals surface area contributed by atoms with Crippen LogP contribution >= 0.6 is 0 Å². The zero-order valence-electron chi connectivity index (χ0n) is 13.2. The van der Waals surface area contributed by atoms with Gasteiger partial charge in [-0.25, -0.2) is 0 Å². The number of hydrogen-bond donors (Lipinski definition) is 1. The molecule has 0 amide bonds. The molecule has 0 aromatic carbocycles. The molecule has 0 aromatic rings. The van der Waals surface area contributed by atoms with Gasteiger partial charge >= 0.3 is 0 Å². The fraction of sp³-hybridized carbons (Fsp3) is 0.882. The van der Waals surface area contributed by atoms with Gasteiger partial charge in [-0.15, -0.1) is 0 Å². The highest BCUT2D eigenvalue weighted by Crippen LogP contribution is 2.38. The zero-order chi connectivity index (χ0) is 14.1. The van der Waals surface area contributed by atoms with E-state index in [0.29, 0.717) is 23.9 Å². The van der Waals surface area contributed by atoms with Gasteiger partial charge in [0, 0.05) is 18.8 Å². The molecule has 0 radical (unpaired) electrons. The first-order valence-corrected chi connectivity index (χ1v) is 8.41. The fourth-order valence-corrected chi connectivity index (χ4v) is 4.49. The van der Waals surface area contributed by atoms with Gasteiger partial charge in [-0.05, 0) is 25.2 Å². The summed E-state index contributed by atoms with van der Waals surface area (Å²) >= 11 is 0. The van der Waals surface area contributed by atoms with E-state index in [2.05, 4.69) is 26.8 Å². The smallest absolute Gasteiger partial charge is 0.162 e. The molecule has 3 heteroatoms. The van der Waals surface area contributed by atoms with E-state index in [0.717, 1.165) is 13.2 Å². The topological polar surface area (TPSA) is 22.9 Å². The number of allylic oxidation sites excluding steroid dienone is 2. The molecule has 2 saturated heterocycles. The summed E-state index contributed by atoms with van der Waals surface area (Å²) in [5, 5.41) is 0. The predicted octanol–water partition coefficient (Wildman–Crippen LogP) is 1.64. The van der Waals surface area contributed by atoms with Crippen LogP contribution in [0, 0.1) is 17.8 Å². The summed E-state index contributed by atoms with van der Waals surface area (Å²) in [6, 6.07) is 0. The highest BCUT2D eigenvalue weighted by Gasteiger charge is 2.40. The first-order valence-electron chi connectivity index (χ1n) is 8.41. The second-order valence-corrected chi connectivity index (χ2v) is 7.25. The molecule has 0 aromatic heterocycles. The van der Waals surface area contributed by atoms with E-state index in [1.807, 2.05) is 0 Å². The molecule has 0 bridgehead atoms. The predicted molar refractivity (Wildman–Crippen MR) is 79.6 cm³/mol. The van der Waals surface area contributed by atoms with E-state index in [4.69, 9.17) is 9.47 Å². The van der Waals surface area contributed by atoms with Crippen LogP contribution in [-0.2, 0) is 9.47 Å². The molecule has 0 saturated carbocycles. The van der Waals surface area contributed by atoms with E-state index >= 15 is 0 Å². The molecule has 20 heavy (non-hydrogen) atoms. The van der Waals surface area contributed by atoms with Crippen LogP contribution < -0.4 is 4.90 Å². The lowest BCUT2D eigenvalue weighted by atomic mass is 9.74. The normalized spacial score (nSPS) is 43.0. The molecule has 2 aliphatic heterocycles. The summed E-state index contributed by atoms with van der Waals surface area (Å²) in [5.74, 6) is 1.76. The van der Waals surface area contributed by atoms with Crippen molar-refractivity contribution in [3.8, 4) is 0 Å². The molecule has 1 aliphatic carbocycles. The number of quaternary nitrogens is 1. The van der Waals surface area contributed by atoms with Crippen molar-refractivity contribution in [2.24, 2.45) is 17.8 Å². The molecule has 2 fully saturated rings. The van der Waals surface area contributed by atoms with Gasteiger partial charge in [0.1, 0.15) is 12.6 Å². The van der Waals surface area contributed by atoms with Crippen molar-refractivity contribution in [3.63, 3.8) is 0 Å². The quantitative estimate of drug-likeness (QED) is 0.794. The van der Waals surface area contributed by atoms with Gasteiger partial charge in [0.05, 0.1) is 19.7 Å². The minimum absolute atomic E-state index is 0.0244. The maximum atomic E-state index is 6.27. The standard InChI is InChI=1S/C17H29NO2/c1-12-8-13(2)16(14(3)9-12)17-19-11-15(20-17)10-18-6-4-5-7-18/h8,13-17H,4-7,9-11H2,1-3H3/p+1/t13-,14-,15+,16+,17-/m1/s1. The van der Waals surface area contributed by atoms with Gasteiger partial charge in [0.25, 0.3) is 0 Å². The second kappa shape index (κ2) is 6.17. The van der Waals surface area contributed by atoms with Crippen molar-refractivity contribution >= 4 is 0 Å². The average Bonchev–Trinajstić information content (AvgIpc) is 3.00. The summed E-state index contributed by atoms with van der Waals surface area (Å²) in [7, 11) is 0. The lowest BCUT2D eigenvalue weighted by Crippen LogP contribution is -3.11. The minimum Gasteiger partial charge on any atom is -0.349 e. The van der Waals surface area contributed by atoms with Crippen LogP contribution in [0.3, 0.4) is 0 Å². The molecule has 114 valence electrons. The first-order chi connectivity index (χ1) is 9.63. The third-order valence-corrected chi connectivity index (χ3v) is 5.37. The van der Waals surface area contributed by atoms with Crippen molar-refractivity contribution < 1.29 is 14.4 Å². The summed E-state index contributed by atoms with van der Waals surface area (Å²) in [6.07, 6.45) is 6.72. The first kappa shape index (κ1) is 14.6. The van der Waals surface area contributed by atoms with E-state index in [9.17, 15) is 0 Å². The molecule has 0 unspecified atom stereocenters. The summed E-state index contributed by atoms with van der Waals surface area (Å²) < 4.78 is 12.3. The minimum atomic E-state index is 0.0244. The Morgan fingerprint density at radius 1 is 1.25 bits per heavy atom. The fourth-order valence-electron chi connectivity index (χ4n) is 4.49. The number of ether oxygens (including phenoxy) is 2. The van der Waals surface area contributed by atoms with Crippen LogP contribution in [0.2, 0.25) is 0 Å². The van der Waals surface area contributed by atoms with Gasteiger partial charge in [0.15, 0.2) is 6.29 Å². The molecule has 3 aliphatic rings. The van der Waals surface area contributed by atoms with Gasteiger partial charge in [-0.1, -0.05) is 25.5 Å². The van der Waals surface area contributed by atoms with Gasteiger partial charge in [0.2, 0.25) is 0 Å². The lowest BCUT2D eigenvalue weighted by Gasteiger charge is -2.36. The molecular weight excluding hydrogens is 250 g/mol. The van der Waals surface area contributed by atoms with Crippen molar-refractivity contribution in [2.75, 3.05) is 26.2 Å². The largest absolute Gasteiger partial charge is 0.349 e. The second-order valence-electron chi connectivity index (χ2n) is 7.25. The third-order valence-electron chi connectivity index (χ3n) is 5.37. The lowest BCUT2D eigenvalue weighted by molar-refractivity contribution is -0.890. The monoisotopic (exact) mass is 280 g/mol. The van der Waals surface area contributed by atoms with Crippen LogP contribution in [0.5, 0.6) is 0 Å². The van der Waals surface area contributed by atoms with Crippen LogP contribution in [0.1, 0.15) is 40.0 Å². The average molecular weight is 280 g/mol. The van der Waals surface area contributed by atoms with Crippen molar-refractivity contribution in [3.05, 3.63) is 11.6 Å². The highest BCUT2D eigenvalue weighted by molar-refractivity contribution is 5.09. The number of rotatable bonds is 3. The Kier molecular flexibility index (Phi) is 4.49. The van der Waals surface area contributed by atoms with Crippen molar-refractivity contribution in [2.45, 2.75) is 52.4 Å². The maximum absolute atomic E-state index is 6.27. The van der Waals surface area contributed by atoms with Crippen molar-refractivity contribution in [1.29, 1.82) is 0 Å². The summed E-state index contributed by atoms with van der Waals surface area (Å²) in [4.78, 5) is 1.71. The Bertz CT molecular complexity index is 362. The molecule has 0 spiro atoms. The number of nitrogens with one attached hydrogen (secondary N) is 1. The van der Waals surface area contributed by atoms with Crippen LogP contribution in [0.25, 0.3) is 0 Å². The Labute approximate surface area is 123 Å². The summed E-state index contributed by atoms with van der Waals surface area (Å²) in [5.41, 5.74) is 1.53. The van der Waals surface area contributed by atoms with Crippen LogP contribution in [0.15, 0.2) is 11.6 Å². The zero-order valence-corrected chi connectivity index (χ0v) is 13.2. The van der Waals surface area contributed by atoms with E-state index in [1.54, 1.807) is 4.90 Å². The molecule has 3 rings (SSSR count). The maximum Gasteiger partial charge on any atom is 0.162 e. The van der Waals surface area contributed by atoms with Gasteiger partial charge < -0.3 is 14.4 Å². The molecule has 2 heterocycles. The molecule has 5 atom stereocenters. The number of likely N-dealkylation sites (tertiary alicyclic amines) is 1. The highest BCUT2D eigenvalue weighted by atomic mass is 16.7. The van der Waals surface area contributed by atoms with Crippen LogP contribution in [0.4, 0.5) is 0 Å². The van der Waals surface area contributed by atoms with E-state index < -0.39 is 0 Å².